The number of H-pyrrole nitrogens is 1. The normalized spacial score (nSPS) is 20.9. The zero-order valence-corrected chi connectivity index (χ0v) is 22.1. The Labute approximate surface area is 216 Å². The van der Waals surface area contributed by atoms with Crippen LogP contribution < -0.4 is 10.1 Å². The monoisotopic (exact) mass is 512 g/mol. The average molecular weight is 513 g/mol. The first kappa shape index (κ1) is 26.5. The van der Waals surface area contributed by atoms with Gasteiger partial charge in [0.15, 0.2) is 5.82 Å². The predicted molar refractivity (Wildman–Crippen MR) is 139 cm³/mol. The maximum Gasteiger partial charge on any atom is 0.424 e. The third-order valence-corrected chi connectivity index (χ3v) is 7.23. The fourth-order valence-electron chi connectivity index (χ4n) is 5.02. The molecule has 11 nitrogen and oxygen atoms in total. The number of nitrogens with zero attached hydrogens (tertiary/aromatic N) is 4. The zero-order valence-electron chi connectivity index (χ0n) is 22.1. The number of aromatic nitrogens is 2. The van der Waals surface area contributed by atoms with Gasteiger partial charge in [0.1, 0.15) is 17.6 Å². The number of hydrogen-bond donors (Lipinski definition) is 3. The Morgan fingerprint density at radius 1 is 1.24 bits per heavy atom. The van der Waals surface area contributed by atoms with E-state index in [2.05, 4.69) is 20.5 Å². The number of hydrazine groups is 1. The average Bonchev–Trinajstić information content (AvgIpc) is 3.62. The molecule has 1 saturated carbocycles. The lowest BCUT2D eigenvalue weighted by Gasteiger charge is -2.25. The molecule has 0 radical (unpaired) electrons. The molecule has 1 unspecified atom stereocenters. The van der Waals surface area contributed by atoms with Gasteiger partial charge in [0, 0.05) is 69.1 Å². The Balaban J connectivity index is 1.38. The number of phenolic OH excluding ortho intramolecular Hbond substituents is 1. The topological polar surface area (TPSA) is 132 Å². The number of hydrogen-bond acceptors (Lipinski definition) is 8. The molecular weight excluding hydrogens is 476 g/mol. The van der Waals surface area contributed by atoms with Crippen molar-refractivity contribution in [1.29, 1.82) is 0 Å². The first-order valence-electron chi connectivity index (χ1n) is 12.6. The minimum Gasteiger partial charge on any atom is -0.507 e. The van der Waals surface area contributed by atoms with E-state index in [1.54, 1.807) is 45.5 Å². The molecule has 0 aliphatic heterocycles. The number of aliphatic imine (C=N–C) groups is 1. The van der Waals surface area contributed by atoms with Gasteiger partial charge in [-0.1, -0.05) is 0 Å². The molecule has 2 aromatic rings. The Morgan fingerprint density at radius 3 is 2.70 bits per heavy atom. The Hall–Kier alpha value is -3.60. The Kier molecular flexibility index (Phi) is 8.01. The van der Waals surface area contributed by atoms with Crippen molar-refractivity contribution < 1.29 is 24.2 Å². The maximum atomic E-state index is 13.1. The van der Waals surface area contributed by atoms with E-state index in [0.717, 1.165) is 29.7 Å². The number of aromatic hydroxyl groups is 1. The minimum absolute atomic E-state index is 0.0970. The van der Waals surface area contributed by atoms with E-state index >= 15 is 0 Å². The number of aromatic amines is 1. The second-order valence-corrected chi connectivity index (χ2v) is 9.79. The van der Waals surface area contributed by atoms with E-state index in [-0.39, 0.29) is 35.7 Å². The van der Waals surface area contributed by atoms with Crippen LogP contribution in [0.5, 0.6) is 11.5 Å². The van der Waals surface area contributed by atoms with Gasteiger partial charge in [-0.3, -0.25) is 14.9 Å². The van der Waals surface area contributed by atoms with Crippen LogP contribution in [0, 0.1) is 5.92 Å². The van der Waals surface area contributed by atoms with E-state index in [1.807, 2.05) is 13.0 Å². The molecule has 0 saturated heterocycles. The number of methoxy groups -OCH3 is 1. The third kappa shape index (κ3) is 5.71. The first-order chi connectivity index (χ1) is 17.7. The lowest BCUT2D eigenvalue weighted by molar-refractivity contribution is -0.119. The summed E-state index contributed by atoms with van der Waals surface area (Å²) in [6.45, 7) is 2.52. The molecule has 0 spiro atoms. The number of amides is 2. The highest BCUT2D eigenvalue weighted by atomic mass is 16.6. The number of fused-ring (bicyclic) bond motifs is 1. The highest BCUT2D eigenvalue weighted by molar-refractivity contribution is 5.94. The summed E-state index contributed by atoms with van der Waals surface area (Å²) in [6.07, 6.45) is 4.45. The number of benzene rings is 1. The molecule has 1 fully saturated rings. The molecule has 1 heterocycles. The number of nitrogens with one attached hydrogen (secondary N) is 2. The number of ether oxygens (including phenoxy) is 2. The number of anilines is 1. The predicted octanol–water partition coefficient (Wildman–Crippen LogP) is 3.10. The van der Waals surface area contributed by atoms with Crippen LogP contribution in [0.4, 0.5) is 10.6 Å². The molecule has 37 heavy (non-hydrogen) atoms. The van der Waals surface area contributed by atoms with Crippen molar-refractivity contribution >= 4 is 24.0 Å². The van der Waals surface area contributed by atoms with Gasteiger partial charge in [-0.05, 0) is 50.2 Å². The Morgan fingerprint density at radius 2 is 2.00 bits per heavy atom. The van der Waals surface area contributed by atoms with Gasteiger partial charge in [0.05, 0.1) is 7.11 Å². The summed E-state index contributed by atoms with van der Waals surface area (Å²) in [4.78, 5) is 29.6. The summed E-state index contributed by atoms with van der Waals surface area (Å²) < 4.78 is 11.1. The van der Waals surface area contributed by atoms with Crippen LogP contribution in [0.1, 0.15) is 54.5 Å². The van der Waals surface area contributed by atoms with Crippen LogP contribution in [-0.2, 0) is 22.4 Å². The lowest BCUT2D eigenvalue weighted by atomic mass is 10.0. The van der Waals surface area contributed by atoms with Crippen molar-refractivity contribution in [2.75, 3.05) is 40.1 Å². The summed E-state index contributed by atoms with van der Waals surface area (Å²) >= 11 is 0. The van der Waals surface area contributed by atoms with Crippen LogP contribution in [-0.4, -0.2) is 84.4 Å². The van der Waals surface area contributed by atoms with Crippen molar-refractivity contribution in [2.24, 2.45) is 10.9 Å². The molecule has 11 heteroatoms. The summed E-state index contributed by atoms with van der Waals surface area (Å²) in [6, 6.07) is 3.44. The molecule has 1 aromatic heterocycles. The molecular formula is C26H36N6O5. The molecule has 4 rings (SSSR count). The van der Waals surface area contributed by atoms with Gasteiger partial charge in [0.2, 0.25) is 5.91 Å². The molecule has 2 aliphatic carbocycles. The van der Waals surface area contributed by atoms with Gasteiger partial charge >= 0.3 is 6.09 Å². The van der Waals surface area contributed by atoms with E-state index in [4.69, 9.17) is 9.47 Å². The van der Waals surface area contributed by atoms with Gasteiger partial charge < -0.3 is 19.9 Å². The maximum absolute atomic E-state index is 13.1. The highest BCUT2D eigenvalue weighted by Gasteiger charge is 2.34. The van der Waals surface area contributed by atoms with Crippen molar-refractivity contribution in [3.8, 4) is 11.5 Å². The standard InChI is InChI=1S/C26H36N6O5/c1-6-27-14-20-18-10-16(11-19(18)23(36-5)13-22(20)33)25(34)28-24-12-21(29-30-24)15-7-8-17(9-15)37-26(35)32(4)31(2)3/h12-17,33H,6-11H2,1-5H3,(H2,28,29,30,34)/t15-,16?,17+/m0/s1. The van der Waals surface area contributed by atoms with E-state index in [0.29, 0.717) is 42.9 Å². The smallest absolute Gasteiger partial charge is 0.424 e. The van der Waals surface area contributed by atoms with Gasteiger partial charge in [-0.2, -0.15) is 5.10 Å². The molecule has 2 amide bonds. The molecule has 200 valence electrons. The van der Waals surface area contributed by atoms with Crippen LogP contribution in [0.25, 0.3) is 0 Å². The highest BCUT2D eigenvalue weighted by Crippen LogP contribution is 2.40. The van der Waals surface area contributed by atoms with Crippen LogP contribution in [0.3, 0.4) is 0 Å². The van der Waals surface area contributed by atoms with E-state index in [9.17, 15) is 14.7 Å². The van der Waals surface area contributed by atoms with Crippen molar-refractivity contribution in [2.45, 2.75) is 51.0 Å². The molecule has 3 N–H and O–H groups in total. The largest absolute Gasteiger partial charge is 0.507 e. The molecule has 0 bridgehead atoms. The minimum atomic E-state index is -0.375. The number of phenols is 1. The number of carbonyl (C=O) groups is 2. The number of carbonyl (C=O) groups excluding carboxylic acids is 2. The van der Waals surface area contributed by atoms with Crippen molar-refractivity contribution in [3.63, 3.8) is 0 Å². The molecule has 2 aliphatic rings. The summed E-state index contributed by atoms with van der Waals surface area (Å²) in [7, 11) is 6.79. The SMILES string of the molecule is CCN=Cc1c(O)cc(OC)c2c1CC(C(=O)Nc1cc([C@H]3CC[C@@H](OC(=O)N(C)N(C)C)C3)[nH]n1)C2. The quantitative estimate of drug-likeness (QED) is 0.366. The summed E-state index contributed by atoms with van der Waals surface area (Å²) in [5, 5.41) is 23.8. The van der Waals surface area contributed by atoms with E-state index in [1.165, 1.54) is 5.01 Å². The van der Waals surface area contributed by atoms with E-state index < -0.39 is 0 Å². The molecule has 3 atom stereocenters. The van der Waals surface area contributed by atoms with Crippen LogP contribution in [0.2, 0.25) is 0 Å². The van der Waals surface area contributed by atoms with Crippen molar-refractivity contribution in [1.82, 2.24) is 20.2 Å². The fourth-order valence-corrected chi connectivity index (χ4v) is 5.02. The van der Waals surface area contributed by atoms with Crippen LogP contribution in [0.15, 0.2) is 17.1 Å². The fraction of sp³-hybridized carbons (Fsp3) is 0.538. The zero-order chi connectivity index (χ0) is 26.7. The first-order valence-corrected chi connectivity index (χ1v) is 12.6. The van der Waals surface area contributed by atoms with Gasteiger partial charge in [0.25, 0.3) is 0 Å². The summed E-state index contributed by atoms with van der Waals surface area (Å²) in [5.74, 6) is 0.851. The van der Waals surface area contributed by atoms with Gasteiger partial charge in [-0.15, -0.1) is 0 Å². The Bertz CT molecular complexity index is 1180. The second-order valence-electron chi connectivity index (χ2n) is 9.79. The second kappa shape index (κ2) is 11.2. The van der Waals surface area contributed by atoms with Crippen LogP contribution >= 0.6 is 0 Å². The van der Waals surface area contributed by atoms with Crippen molar-refractivity contribution in [3.05, 3.63) is 34.5 Å². The van der Waals surface area contributed by atoms with Gasteiger partial charge in [-0.25, -0.2) is 14.8 Å². The third-order valence-electron chi connectivity index (χ3n) is 7.23. The molecule has 1 aromatic carbocycles. The summed E-state index contributed by atoms with van der Waals surface area (Å²) in [5.41, 5.74) is 3.37. The number of rotatable bonds is 8. The lowest BCUT2D eigenvalue weighted by Crippen LogP contribution is -2.40.